The van der Waals surface area contributed by atoms with Crippen molar-refractivity contribution in [3.05, 3.63) is 35.5 Å². The molecule has 1 aliphatic heterocycles. The van der Waals surface area contributed by atoms with E-state index < -0.39 is 0 Å². The number of hydrogen-bond acceptors (Lipinski definition) is 1. The molecule has 1 unspecified atom stereocenters. The van der Waals surface area contributed by atoms with Gasteiger partial charge in [0.05, 0.1) is 0 Å². The first-order valence-electron chi connectivity index (χ1n) is 5.65. The lowest BCUT2D eigenvalue weighted by Gasteiger charge is -2.15. The van der Waals surface area contributed by atoms with Crippen LogP contribution in [0.5, 0.6) is 0 Å². The van der Waals surface area contributed by atoms with E-state index in [1.807, 2.05) is 13.8 Å². The van der Waals surface area contributed by atoms with Gasteiger partial charge in [-0.1, -0.05) is 45.1 Å². The summed E-state index contributed by atoms with van der Waals surface area (Å²) in [6.07, 6.45) is 10.3. The quantitative estimate of drug-likeness (QED) is 0.620. The van der Waals surface area contributed by atoms with Gasteiger partial charge in [0.15, 0.2) is 0 Å². The molecular formula is C13H21N. The Morgan fingerprint density at radius 2 is 1.79 bits per heavy atom. The highest BCUT2D eigenvalue weighted by Crippen LogP contribution is 2.20. The van der Waals surface area contributed by atoms with Crippen LogP contribution in [0.15, 0.2) is 35.5 Å². The van der Waals surface area contributed by atoms with E-state index >= 15 is 0 Å². The number of allylic oxidation sites excluding steroid dienone is 3. The molecule has 1 heteroatoms. The molecule has 0 amide bonds. The van der Waals surface area contributed by atoms with E-state index in [0.29, 0.717) is 5.92 Å². The van der Waals surface area contributed by atoms with E-state index in [1.54, 1.807) is 0 Å². The largest absolute Gasteiger partial charge is 0.312 e. The molecule has 1 N–H and O–H groups in total. The van der Waals surface area contributed by atoms with Gasteiger partial charge in [-0.05, 0) is 30.0 Å². The lowest BCUT2D eigenvalue weighted by atomic mass is 10.0. The van der Waals surface area contributed by atoms with E-state index in [4.69, 9.17) is 0 Å². The third-order valence-electron chi connectivity index (χ3n) is 2.50. The summed E-state index contributed by atoms with van der Waals surface area (Å²) in [6, 6.07) is 0. The van der Waals surface area contributed by atoms with Crippen molar-refractivity contribution in [2.75, 3.05) is 13.1 Å². The Balaban J connectivity index is 0.000000461. The van der Waals surface area contributed by atoms with Gasteiger partial charge in [-0.2, -0.15) is 0 Å². The zero-order valence-electron chi connectivity index (χ0n) is 9.51. The number of rotatable bonds is 0. The van der Waals surface area contributed by atoms with Crippen LogP contribution in [-0.2, 0) is 0 Å². The third kappa shape index (κ3) is 2.85. The Bertz CT molecular complexity index is 232. The highest BCUT2D eigenvalue weighted by Gasteiger charge is 2.09. The van der Waals surface area contributed by atoms with Crippen LogP contribution in [0, 0.1) is 5.92 Å². The molecule has 0 bridgehead atoms. The normalized spacial score (nSPS) is 24.9. The first-order chi connectivity index (χ1) is 6.86. The standard InChI is InChI=1S/C11H15N.C2H6/c1-9-2-4-10-6-7-12-8-11(10)5-3-9;1-2/h2-5,9,12H,6-8H2,1H3;1-2H3. The number of nitrogens with one attached hydrogen (secondary N) is 1. The zero-order valence-corrected chi connectivity index (χ0v) is 9.51. The molecule has 2 aliphatic rings. The van der Waals surface area contributed by atoms with Crippen molar-refractivity contribution in [3.63, 3.8) is 0 Å². The van der Waals surface area contributed by atoms with Crippen LogP contribution in [-0.4, -0.2) is 13.1 Å². The molecule has 14 heavy (non-hydrogen) atoms. The minimum Gasteiger partial charge on any atom is -0.312 e. The molecule has 0 fully saturated rings. The summed E-state index contributed by atoms with van der Waals surface area (Å²) in [5.74, 6) is 0.593. The van der Waals surface area contributed by atoms with E-state index in [0.717, 1.165) is 13.1 Å². The van der Waals surface area contributed by atoms with Crippen LogP contribution >= 0.6 is 0 Å². The molecule has 0 saturated carbocycles. The van der Waals surface area contributed by atoms with Crippen molar-refractivity contribution < 1.29 is 0 Å². The van der Waals surface area contributed by atoms with Crippen LogP contribution < -0.4 is 5.32 Å². The van der Waals surface area contributed by atoms with Gasteiger partial charge >= 0.3 is 0 Å². The SMILES string of the molecule is CC.CC1C=CC2=C(C=C1)CNCC2. The van der Waals surface area contributed by atoms with Crippen molar-refractivity contribution in [2.45, 2.75) is 27.2 Å². The van der Waals surface area contributed by atoms with Crippen molar-refractivity contribution in [2.24, 2.45) is 5.92 Å². The Morgan fingerprint density at radius 1 is 1.14 bits per heavy atom. The van der Waals surface area contributed by atoms with E-state index in [-0.39, 0.29) is 0 Å². The second-order valence-corrected chi connectivity index (χ2v) is 3.55. The fourth-order valence-corrected chi connectivity index (χ4v) is 1.68. The van der Waals surface area contributed by atoms with Crippen molar-refractivity contribution in [1.82, 2.24) is 5.32 Å². The first-order valence-corrected chi connectivity index (χ1v) is 5.65. The van der Waals surface area contributed by atoms with Crippen LogP contribution in [0.3, 0.4) is 0 Å². The van der Waals surface area contributed by atoms with Gasteiger partial charge in [0.2, 0.25) is 0 Å². The van der Waals surface area contributed by atoms with Gasteiger partial charge in [-0.15, -0.1) is 0 Å². The Morgan fingerprint density at radius 3 is 2.50 bits per heavy atom. The zero-order chi connectivity index (χ0) is 10.4. The molecule has 0 aromatic heterocycles. The molecule has 1 heterocycles. The highest BCUT2D eigenvalue weighted by atomic mass is 14.9. The van der Waals surface area contributed by atoms with E-state index in [1.165, 1.54) is 17.6 Å². The minimum absolute atomic E-state index is 0.593. The van der Waals surface area contributed by atoms with E-state index in [2.05, 4.69) is 36.5 Å². The fraction of sp³-hybridized carbons (Fsp3) is 0.538. The molecule has 0 aromatic carbocycles. The molecule has 1 nitrogen and oxygen atoms in total. The molecule has 2 rings (SSSR count). The average Bonchev–Trinajstić information content (AvgIpc) is 2.45. The summed E-state index contributed by atoms with van der Waals surface area (Å²) in [4.78, 5) is 0. The average molecular weight is 191 g/mol. The maximum Gasteiger partial charge on any atom is 0.0208 e. The van der Waals surface area contributed by atoms with Gasteiger partial charge in [-0.3, -0.25) is 0 Å². The summed E-state index contributed by atoms with van der Waals surface area (Å²) in [6.45, 7) is 8.40. The van der Waals surface area contributed by atoms with Gasteiger partial charge in [0.1, 0.15) is 0 Å². The van der Waals surface area contributed by atoms with Crippen LogP contribution in [0.1, 0.15) is 27.2 Å². The summed E-state index contributed by atoms with van der Waals surface area (Å²) >= 11 is 0. The van der Waals surface area contributed by atoms with Crippen LogP contribution in [0.25, 0.3) is 0 Å². The predicted molar refractivity (Wildman–Crippen MR) is 63.3 cm³/mol. The van der Waals surface area contributed by atoms with Gasteiger partial charge in [0, 0.05) is 6.54 Å². The van der Waals surface area contributed by atoms with Crippen molar-refractivity contribution >= 4 is 0 Å². The molecule has 0 spiro atoms. The van der Waals surface area contributed by atoms with Crippen molar-refractivity contribution in [1.29, 1.82) is 0 Å². The highest BCUT2D eigenvalue weighted by molar-refractivity contribution is 5.39. The fourth-order valence-electron chi connectivity index (χ4n) is 1.68. The monoisotopic (exact) mass is 191 g/mol. The van der Waals surface area contributed by atoms with Gasteiger partial charge in [0.25, 0.3) is 0 Å². The molecule has 0 saturated heterocycles. The predicted octanol–water partition coefficient (Wildman–Crippen LogP) is 3.06. The molecule has 1 aliphatic carbocycles. The second kappa shape index (κ2) is 5.82. The van der Waals surface area contributed by atoms with Gasteiger partial charge in [-0.25, -0.2) is 0 Å². The van der Waals surface area contributed by atoms with Crippen LogP contribution in [0.2, 0.25) is 0 Å². The lowest BCUT2D eigenvalue weighted by molar-refractivity contribution is 0.696. The minimum atomic E-state index is 0.593. The smallest absolute Gasteiger partial charge is 0.0208 e. The first kappa shape index (κ1) is 11.3. The molecule has 78 valence electrons. The van der Waals surface area contributed by atoms with Gasteiger partial charge < -0.3 is 5.32 Å². The van der Waals surface area contributed by atoms with Crippen LogP contribution in [0.4, 0.5) is 0 Å². The Kier molecular flexibility index (Phi) is 4.68. The Labute approximate surface area is 87.6 Å². The van der Waals surface area contributed by atoms with Crippen molar-refractivity contribution in [3.8, 4) is 0 Å². The number of hydrogen-bond donors (Lipinski definition) is 1. The molecule has 0 aromatic rings. The summed E-state index contributed by atoms with van der Waals surface area (Å²) in [5.41, 5.74) is 3.00. The molecule has 1 atom stereocenters. The topological polar surface area (TPSA) is 12.0 Å². The summed E-state index contributed by atoms with van der Waals surface area (Å²) < 4.78 is 0. The second-order valence-electron chi connectivity index (χ2n) is 3.55. The third-order valence-corrected chi connectivity index (χ3v) is 2.50. The maximum absolute atomic E-state index is 3.38. The maximum atomic E-state index is 3.38. The molecular weight excluding hydrogens is 170 g/mol. The Hall–Kier alpha value is -0.820. The lowest BCUT2D eigenvalue weighted by Crippen LogP contribution is -2.23. The summed E-state index contributed by atoms with van der Waals surface area (Å²) in [5, 5.41) is 3.38. The summed E-state index contributed by atoms with van der Waals surface area (Å²) in [7, 11) is 0. The van der Waals surface area contributed by atoms with E-state index in [9.17, 15) is 0 Å². The molecule has 0 radical (unpaired) electrons.